The Morgan fingerprint density at radius 3 is 2.60 bits per heavy atom. The normalized spacial score (nSPS) is 10.3. The van der Waals surface area contributed by atoms with Crippen molar-refractivity contribution >= 4 is 34.3 Å². The molecule has 3 rings (SSSR count). The molecule has 0 saturated carbocycles. The van der Waals surface area contributed by atoms with Gasteiger partial charge in [0.15, 0.2) is 0 Å². The third kappa shape index (κ3) is 4.69. The van der Waals surface area contributed by atoms with Crippen molar-refractivity contribution < 1.29 is 9.53 Å². The van der Waals surface area contributed by atoms with Gasteiger partial charge in [-0.1, -0.05) is 18.2 Å². The lowest BCUT2D eigenvalue weighted by atomic mass is 10.2. The fraction of sp³-hybridized carbons (Fsp3) is 0.0526. The van der Waals surface area contributed by atoms with Gasteiger partial charge in [-0.25, -0.2) is 4.98 Å². The first-order chi connectivity index (χ1) is 12.1. The van der Waals surface area contributed by atoms with Gasteiger partial charge in [0.1, 0.15) is 17.3 Å². The zero-order chi connectivity index (χ0) is 17.6. The Bertz CT molecular complexity index is 899. The van der Waals surface area contributed by atoms with E-state index in [0.29, 0.717) is 12.1 Å². The molecule has 0 radical (unpaired) electrons. The number of hydrogen-bond donors (Lipinski definition) is 2. The number of anilines is 1. The standard InChI is InChI=1S/C19H16IN3O2/c20-14-5-2-7-16(11-14)25-15-6-1-4-13(10-15)12-23-19(24)17-8-3-9-22-18(17)21/h1-11H,12H2,(H2,21,22)(H,23,24). The van der Waals surface area contributed by atoms with Gasteiger partial charge >= 0.3 is 0 Å². The summed E-state index contributed by atoms with van der Waals surface area (Å²) in [4.78, 5) is 16.1. The first-order valence-electron chi connectivity index (χ1n) is 7.63. The van der Waals surface area contributed by atoms with Gasteiger partial charge < -0.3 is 15.8 Å². The van der Waals surface area contributed by atoms with Crippen LogP contribution in [0.25, 0.3) is 0 Å². The van der Waals surface area contributed by atoms with Gasteiger partial charge in [-0.15, -0.1) is 0 Å². The van der Waals surface area contributed by atoms with E-state index < -0.39 is 0 Å². The van der Waals surface area contributed by atoms with Crippen LogP contribution in [0.4, 0.5) is 5.82 Å². The number of benzene rings is 2. The lowest BCUT2D eigenvalue weighted by Crippen LogP contribution is -2.24. The van der Waals surface area contributed by atoms with Crippen LogP contribution in [0, 0.1) is 3.57 Å². The molecule has 0 aliphatic heterocycles. The number of aromatic nitrogens is 1. The van der Waals surface area contributed by atoms with Crippen LogP contribution in [-0.2, 0) is 6.54 Å². The van der Waals surface area contributed by atoms with E-state index in [2.05, 4.69) is 32.9 Å². The second-order valence-electron chi connectivity index (χ2n) is 5.33. The molecule has 0 fully saturated rings. The number of hydrogen-bond acceptors (Lipinski definition) is 4. The summed E-state index contributed by atoms with van der Waals surface area (Å²) in [5.41, 5.74) is 7.02. The lowest BCUT2D eigenvalue weighted by molar-refractivity contribution is 0.0951. The fourth-order valence-electron chi connectivity index (χ4n) is 2.27. The number of nitrogen functional groups attached to an aromatic ring is 1. The smallest absolute Gasteiger partial charge is 0.255 e. The van der Waals surface area contributed by atoms with E-state index in [1.165, 1.54) is 0 Å². The number of halogens is 1. The maximum absolute atomic E-state index is 12.2. The van der Waals surface area contributed by atoms with Crippen LogP contribution in [0.15, 0.2) is 66.9 Å². The van der Waals surface area contributed by atoms with E-state index in [4.69, 9.17) is 10.5 Å². The summed E-state index contributed by atoms with van der Waals surface area (Å²) >= 11 is 2.24. The van der Waals surface area contributed by atoms with Crippen LogP contribution in [0.3, 0.4) is 0 Å². The number of nitrogens with two attached hydrogens (primary N) is 1. The monoisotopic (exact) mass is 445 g/mol. The average molecular weight is 445 g/mol. The number of nitrogens with zero attached hydrogens (tertiary/aromatic N) is 1. The van der Waals surface area contributed by atoms with Gasteiger partial charge in [0, 0.05) is 16.3 Å². The second-order valence-corrected chi connectivity index (χ2v) is 6.57. The molecule has 0 aliphatic carbocycles. The number of amides is 1. The number of nitrogens with one attached hydrogen (secondary N) is 1. The van der Waals surface area contributed by atoms with E-state index >= 15 is 0 Å². The molecule has 1 heterocycles. The number of carbonyl (C=O) groups excluding carboxylic acids is 1. The molecule has 0 atom stereocenters. The number of ether oxygens (including phenoxy) is 1. The Kier molecular flexibility index (Phi) is 5.49. The van der Waals surface area contributed by atoms with E-state index in [1.807, 2.05) is 48.5 Å². The van der Waals surface area contributed by atoms with Crippen LogP contribution in [0.1, 0.15) is 15.9 Å². The highest BCUT2D eigenvalue weighted by Crippen LogP contribution is 2.23. The van der Waals surface area contributed by atoms with Crippen LogP contribution in [0.2, 0.25) is 0 Å². The van der Waals surface area contributed by atoms with Gasteiger partial charge in [0.25, 0.3) is 5.91 Å². The molecule has 0 bridgehead atoms. The van der Waals surface area contributed by atoms with Crippen molar-refractivity contribution in [3.8, 4) is 11.5 Å². The zero-order valence-electron chi connectivity index (χ0n) is 13.3. The van der Waals surface area contributed by atoms with E-state index in [1.54, 1.807) is 18.3 Å². The van der Waals surface area contributed by atoms with Crippen LogP contribution in [0.5, 0.6) is 11.5 Å². The molecular formula is C19H16IN3O2. The van der Waals surface area contributed by atoms with Crippen LogP contribution in [-0.4, -0.2) is 10.9 Å². The highest BCUT2D eigenvalue weighted by molar-refractivity contribution is 14.1. The van der Waals surface area contributed by atoms with Crippen molar-refractivity contribution in [3.05, 3.63) is 81.6 Å². The molecule has 2 aromatic carbocycles. The molecule has 6 heteroatoms. The summed E-state index contributed by atoms with van der Waals surface area (Å²) in [5.74, 6) is 1.45. The fourth-order valence-corrected chi connectivity index (χ4v) is 2.79. The van der Waals surface area contributed by atoms with Gasteiger partial charge in [-0.05, 0) is 70.6 Å². The van der Waals surface area contributed by atoms with Crippen molar-refractivity contribution in [2.24, 2.45) is 0 Å². The molecule has 1 aromatic heterocycles. The quantitative estimate of drug-likeness (QED) is 0.583. The van der Waals surface area contributed by atoms with E-state index in [9.17, 15) is 4.79 Å². The Balaban J connectivity index is 1.66. The number of rotatable bonds is 5. The summed E-state index contributed by atoms with van der Waals surface area (Å²) in [6, 6.07) is 18.7. The molecule has 3 N–H and O–H groups in total. The summed E-state index contributed by atoms with van der Waals surface area (Å²) in [5, 5.41) is 2.84. The third-order valence-corrected chi connectivity index (χ3v) is 4.14. The van der Waals surface area contributed by atoms with Crippen molar-refractivity contribution in [1.29, 1.82) is 0 Å². The Labute approximate surface area is 159 Å². The molecule has 126 valence electrons. The molecule has 25 heavy (non-hydrogen) atoms. The summed E-state index contributed by atoms with van der Waals surface area (Å²) in [6.45, 7) is 0.372. The topological polar surface area (TPSA) is 77.2 Å². The third-order valence-electron chi connectivity index (χ3n) is 3.47. The largest absolute Gasteiger partial charge is 0.457 e. The van der Waals surface area contributed by atoms with Crippen molar-refractivity contribution in [2.75, 3.05) is 5.73 Å². The minimum atomic E-state index is -0.255. The first-order valence-corrected chi connectivity index (χ1v) is 8.71. The molecule has 0 spiro atoms. The van der Waals surface area contributed by atoms with E-state index in [0.717, 1.165) is 20.6 Å². The first kappa shape index (κ1) is 17.2. The van der Waals surface area contributed by atoms with Crippen molar-refractivity contribution in [3.63, 3.8) is 0 Å². The molecule has 0 aliphatic rings. The number of carbonyl (C=O) groups is 1. The molecule has 0 unspecified atom stereocenters. The molecule has 1 amide bonds. The lowest BCUT2D eigenvalue weighted by Gasteiger charge is -2.10. The molecule has 0 saturated heterocycles. The van der Waals surface area contributed by atoms with Gasteiger partial charge in [-0.2, -0.15) is 0 Å². The summed E-state index contributed by atoms with van der Waals surface area (Å²) < 4.78 is 6.97. The minimum Gasteiger partial charge on any atom is -0.457 e. The average Bonchev–Trinajstić information content (AvgIpc) is 2.60. The van der Waals surface area contributed by atoms with Crippen molar-refractivity contribution in [1.82, 2.24) is 10.3 Å². The van der Waals surface area contributed by atoms with Crippen LogP contribution < -0.4 is 15.8 Å². The zero-order valence-corrected chi connectivity index (χ0v) is 15.4. The SMILES string of the molecule is Nc1ncccc1C(=O)NCc1cccc(Oc2cccc(I)c2)c1. The Morgan fingerprint density at radius 1 is 1.08 bits per heavy atom. The van der Waals surface area contributed by atoms with Gasteiger partial charge in [0.05, 0.1) is 5.56 Å². The summed E-state index contributed by atoms with van der Waals surface area (Å²) in [7, 11) is 0. The van der Waals surface area contributed by atoms with Gasteiger partial charge in [-0.3, -0.25) is 4.79 Å². The summed E-state index contributed by atoms with van der Waals surface area (Å²) in [6.07, 6.45) is 1.55. The maximum Gasteiger partial charge on any atom is 0.255 e. The highest BCUT2D eigenvalue weighted by Gasteiger charge is 2.09. The predicted octanol–water partition coefficient (Wildman–Crippen LogP) is 3.99. The Hall–Kier alpha value is -2.61. The molecule has 3 aromatic rings. The predicted molar refractivity (Wildman–Crippen MR) is 105 cm³/mol. The maximum atomic E-state index is 12.2. The van der Waals surface area contributed by atoms with Crippen LogP contribution >= 0.6 is 22.6 Å². The number of pyridine rings is 1. The van der Waals surface area contributed by atoms with Gasteiger partial charge in [0.2, 0.25) is 0 Å². The Morgan fingerprint density at radius 2 is 1.84 bits per heavy atom. The minimum absolute atomic E-state index is 0.218. The van der Waals surface area contributed by atoms with Crippen molar-refractivity contribution in [2.45, 2.75) is 6.54 Å². The highest BCUT2D eigenvalue weighted by atomic mass is 127. The van der Waals surface area contributed by atoms with E-state index in [-0.39, 0.29) is 11.7 Å². The molecular weight excluding hydrogens is 429 g/mol. The second kappa shape index (κ2) is 7.98. The molecule has 5 nitrogen and oxygen atoms in total.